The summed E-state index contributed by atoms with van der Waals surface area (Å²) in [6.45, 7) is 9.57. The van der Waals surface area contributed by atoms with Crippen LogP contribution in [0.25, 0.3) is 44.8 Å². The summed E-state index contributed by atoms with van der Waals surface area (Å²) in [7, 11) is 1.42. The number of rotatable bonds is 18. The van der Waals surface area contributed by atoms with Gasteiger partial charge >= 0.3 is 24.4 Å². The molecule has 4 aromatic carbocycles. The van der Waals surface area contributed by atoms with Crippen molar-refractivity contribution in [2.75, 3.05) is 43.0 Å². The first-order chi connectivity index (χ1) is 43.8. The Bertz CT molecular complexity index is 3920. The van der Waals surface area contributed by atoms with E-state index in [0.717, 1.165) is 40.3 Å². The number of hydrogen-bond acceptors (Lipinski definition) is 14. The number of amides is 6. The van der Waals surface area contributed by atoms with Gasteiger partial charge in [0.05, 0.1) is 85.8 Å². The summed E-state index contributed by atoms with van der Waals surface area (Å²) in [5.41, 5.74) is 6.05. The summed E-state index contributed by atoms with van der Waals surface area (Å²) in [5.74, 6) is -0.576. The van der Waals surface area contributed by atoms with Crippen molar-refractivity contribution < 1.29 is 57.2 Å². The lowest BCUT2D eigenvalue weighted by molar-refractivity contribution is -0.138. The fourth-order valence-corrected chi connectivity index (χ4v) is 12.2. The lowest BCUT2D eigenvalue weighted by Gasteiger charge is -2.33. The first kappa shape index (κ1) is 62.1. The predicted molar refractivity (Wildman–Crippen MR) is 326 cm³/mol. The number of H-pyrrole nitrogens is 2. The third kappa shape index (κ3) is 13.6. The number of aromatic nitrogens is 10. The number of hydrogen-bond donors (Lipinski definition) is 5. The molecule has 6 atom stereocenters. The number of likely N-dealkylation sites (N-methyl/N-ethyl adjacent to an activating group) is 1. The van der Waals surface area contributed by atoms with Crippen LogP contribution in [-0.4, -0.2) is 169 Å². The van der Waals surface area contributed by atoms with Gasteiger partial charge in [-0.15, -0.1) is 10.2 Å². The van der Waals surface area contributed by atoms with Crippen LogP contribution in [0, 0.1) is 23.5 Å². The van der Waals surface area contributed by atoms with Crippen LogP contribution in [-0.2, 0) is 32.2 Å². The molecule has 0 saturated carbocycles. The molecule has 4 aliphatic heterocycles. The zero-order valence-corrected chi connectivity index (χ0v) is 50.5. The summed E-state index contributed by atoms with van der Waals surface area (Å²) >= 11 is 0. The van der Waals surface area contributed by atoms with Crippen LogP contribution in [0.15, 0.2) is 122 Å². The standard InChI is InChI=1S/C32H35FN8O5.C31H33FN8O5/c1-19(2)28(38(3)31(43)44)30(42)40-13-4-5-27(40)29-34-16-26(36-29)21-8-6-20(7-9-21)24-11-10-22(15-25(24)33)41-18-23(46-32(41)45)17-39-14-12-35-37-39;1-18(2)27(36-30(42)43)29(41)39-12-3-4-26(39)28-33-15-25(35-28)20-7-5-19(6-8-20)23-10-9-21(14-24(23)32)40-17-22(45-31(40)44)16-38-13-11-34-37-38/h6-12,14-16,19,23,27-28H,4-5,13,17-18H2,1-3H3,(H,34,36)(H,43,44);5-11,13-15,18,22,26-27,36H,3-4,12,16-17H2,1-2H3,(H,33,35)(H,42,43)/t23-,27-,28-;22-,26-,27-/m00/s1. The smallest absolute Gasteiger partial charge is 0.414 e. The van der Waals surface area contributed by atoms with Gasteiger partial charge in [-0.3, -0.25) is 24.3 Å². The van der Waals surface area contributed by atoms with Gasteiger partial charge < -0.3 is 44.8 Å². The number of anilines is 2. The maximum atomic E-state index is 15.3. The lowest BCUT2D eigenvalue weighted by Crippen LogP contribution is -2.51. The van der Waals surface area contributed by atoms with Gasteiger partial charge in [0, 0.05) is 43.7 Å². The first-order valence-corrected chi connectivity index (χ1v) is 29.9. The van der Waals surface area contributed by atoms with Gasteiger partial charge in [-0.2, -0.15) is 0 Å². The molecule has 12 rings (SSSR count). The highest BCUT2D eigenvalue weighted by Gasteiger charge is 2.41. The highest BCUT2D eigenvalue weighted by atomic mass is 19.1. The van der Waals surface area contributed by atoms with Gasteiger partial charge in [0.2, 0.25) is 11.8 Å². The van der Waals surface area contributed by atoms with Crippen molar-refractivity contribution >= 4 is 47.6 Å². The minimum atomic E-state index is -1.23. The number of benzene rings is 4. The van der Waals surface area contributed by atoms with E-state index in [4.69, 9.17) is 9.47 Å². The number of nitrogens with one attached hydrogen (secondary N) is 3. The van der Waals surface area contributed by atoms with Crippen LogP contribution in [0.2, 0.25) is 0 Å². The zero-order chi connectivity index (χ0) is 64.2. The largest absolute Gasteiger partial charge is 0.465 e. The predicted octanol–water partition coefficient (Wildman–Crippen LogP) is 9.25. The fourth-order valence-electron chi connectivity index (χ4n) is 12.2. The average Bonchev–Trinajstić information content (AvgIpc) is 1.87. The molecule has 8 heterocycles. The van der Waals surface area contributed by atoms with Crippen LogP contribution in [0.5, 0.6) is 0 Å². The molecule has 4 fully saturated rings. The van der Waals surface area contributed by atoms with Crippen molar-refractivity contribution in [3.8, 4) is 44.8 Å². The van der Waals surface area contributed by atoms with Crippen molar-refractivity contribution in [3.05, 3.63) is 145 Å². The minimum Gasteiger partial charge on any atom is -0.465 e. The molecular weight excluding hydrogens is 1180 g/mol. The second-order valence-corrected chi connectivity index (χ2v) is 23.5. The van der Waals surface area contributed by atoms with Gasteiger partial charge in [0.25, 0.3) is 0 Å². The molecule has 0 spiro atoms. The van der Waals surface area contributed by atoms with E-state index >= 15 is 8.78 Å². The zero-order valence-electron chi connectivity index (χ0n) is 50.5. The molecule has 4 saturated heterocycles. The second-order valence-electron chi connectivity index (χ2n) is 23.5. The Labute approximate surface area is 520 Å². The Kier molecular flexibility index (Phi) is 18.2. The Hall–Kier alpha value is -10.5. The third-order valence-electron chi connectivity index (χ3n) is 16.7. The topological polar surface area (TPSA) is 308 Å². The van der Waals surface area contributed by atoms with Gasteiger partial charge in [-0.1, -0.05) is 86.7 Å². The fraction of sp³-hybridized carbons (Fsp3) is 0.365. The molecule has 28 heteroatoms. The number of aromatic amines is 2. The van der Waals surface area contributed by atoms with Crippen molar-refractivity contribution in [1.29, 1.82) is 0 Å². The summed E-state index contributed by atoms with van der Waals surface area (Å²) in [4.78, 5) is 97.7. The van der Waals surface area contributed by atoms with E-state index < -0.39 is 60.3 Å². The molecule has 6 amide bonds. The Morgan fingerprint density at radius 3 is 1.46 bits per heavy atom. The Morgan fingerprint density at radius 1 is 0.637 bits per heavy atom. The quantitative estimate of drug-likeness (QED) is 0.0534. The SMILES string of the molecule is CC(C)[C@@H](C(=O)N1CCC[C@H]1c1ncc(-c2ccc(-c3ccc(N4C[C@H](Cn5ccnn5)OC4=O)cc3F)cc2)[nH]1)N(C)C(=O)O.CC(C)[C@H](NC(=O)O)C(=O)N1CCC[C@H]1c1ncc(-c2ccc(-c3ccc(N4C[C@H](Cn5ccnn5)OC4=O)cc3F)cc2)[nH]1. The number of likely N-dealkylation sites (tertiary alicyclic amines) is 2. The van der Waals surface area contributed by atoms with Crippen LogP contribution in [0.3, 0.4) is 0 Å². The van der Waals surface area contributed by atoms with Crippen molar-refractivity contribution in [2.45, 2.75) is 103 Å². The number of nitrogens with zero attached hydrogens (tertiary/aromatic N) is 13. The van der Waals surface area contributed by atoms with Crippen molar-refractivity contribution in [1.82, 2.24) is 69.9 Å². The van der Waals surface area contributed by atoms with Crippen LogP contribution >= 0.6 is 0 Å². The molecule has 0 unspecified atom stereocenters. The number of carbonyl (C=O) groups excluding carboxylic acids is 4. The summed E-state index contributed by atoms with van der Waals surface area (Å²) in [6, 6.07) is 21.8. The van der Waals surface area contributed by atoms with Crippen molar-refractivity contribution in [2.24, 2.45) is 11.8 Å². The average molecular weight is 1250 g/mol. The van der Waals surface area contributed by atoms with E-state index in [1.165, 1.54) is 29.0 Å². The Morgan fingerprint density at radius 2 is 1.08 bits per heavy atom. The normalized spacial score (nSPS) is 18.7. The third-order valence-corrected chi connectivity index (χ3v) is 16.7. The molecule has 91 heavy (non-hydrogen) atoms. The number of imidazole rings is 2. The lowest BCUT2D eigenvalue weighted by atomic mass is 10.0. The molecule has 4 aromatic heterocycles. The molecule has 0 radical (unpaired) electrons. The molecule has 0 aliphatic carbocycles. The van der Waals surface area contributed by atoms with E-state index in [-0.39, 0.29) is 48.8 Å². The summed E-state index contributed by atoms with van der Waals surface area (Å²) < 4.78 is 44.6. The molecule has 5 N–H and O–H groups in total. The van der Waals surface area contributed by atoms with Gasteiger partial charge in [0.15, 0.2) is 0 Å². The van der Waals surface area contributed by atoms with Crippen LogP contribution in [0.1, 0.15) is 77.1 Å². The molecule has 26 nitrogen and oxygen atoms in total. The highest BCUT2D eigenvalue weighted by molar-refractivity contribution is 5.91. The molecular formula is C63H68F2N16O10. The Balaban J connectivity index is 0.000000187. The number of cyclic esters (lactones) is 2. The van der Waals surface area contributed by atoms with Gasteiger partial charge in [-0.25, -0.2) is 47.3 Å². The van der Waals surface area contributed by atoms with Crippen molar-refractivity contribution in [3.63, 3.8) is 0 Å². The molecule has 474 valence electrons. The van der Waals surface area contributed by atoms with Crippen LogP contribution in [0.4, 0.5) is 39.3 Å². The molecule has 4 aliphatic rings. The van der Waals surface area contributed by atoms with E-state index in [9.17, 15) is 39.0 Å². The maximum absolute atomic E-state index is 15.3. The maximum Gasteiger partial charge on any atom is 0.414 e. The number of carbonyl (C=O) groups is 6. The minimum absolute atomic E-state index is 0.193. The first-order valence-electron chi connectivity index (χ1n) is 29.9. The van der Waals surface area contributed by atoms with E-state index in [0.29, 0.717) is 84.3 Å². The summed E-state index contributed by atoms with van der Waals surface area (Å²) in [5, 5.41) is 36.4. The molecule has 8 aromatic rings. The van der Waals surface area contributed by atoms with Crippen LogP contribution < -0.4 is 15.1 Å². The summed E-state index contributed by atoms with van der Waals surface area (Å²) in [6.07, 6.45) is 8.52. The van der Waals surface area contributed by atoms with E-state index in [1.807, 2.05) is 62.4 Å². The number of ether oxygens (including phenoxy) is 2. The second kappa shape index (κ2) is 26.7. The molecule has 0 bridgehead atoms. The number of halogens is 2. The van der Waals surface area contributed by atoms with E-state index in [2.05, 4.69) is 45.9 Å². The number of carboxylic acid groups (broad SMARTS) is 2. The van der Waals surface area contributed by atoms with Gasteiger partial charge in [-0.05, 0) is 96.2 Å². The van der Waals surface area contributed by atoms with Gasteiger partial charge in [0.1, 0.15) is 47.6 Å². The van der Waals surface area contributed by atoms with E-state index in [1.54, 1.807) is 94.5 Å². The highest BCUT2D eigenvalue weighted by Crippen LogP contribution is 2.37. The monoisotopic (exact) mass is 1250 g/mol.